The highest BCUT2D eigenvalue weighted by molar-refractivity contribution is 5.95. The molecular formula is C27H33N3O3. The highest BCUT2D eigenvalue weighted by atomic mass is 16.5. The zero-order chi connectivity index (χ0) is 22.6. The molecule has 6 nitrogen and oxygen atoms in total. The smallest absolute Gasteiger partial charge is 0.337 e. The fourth-order valence-electron chi connectivity index (χ4n) is 5.06. The minimum atomic E-state index is -0.297. The molecule has 0 saturated carbocycles. The Hall–Kier alpha value is -2.99. The van der Waals surface area contributed by atoms with E-state index >= 15 is 0 Å². The first kappa shape index (κ1) is 21.8. The second-order valence-electron chi connectivity index (χ2n) is 9.10. The van der Waals surface area contributed by atoms with Gasteiger partial charge in [-0.2, -0.15) is 0 Å². The van der Waals surface area contributed by atoms with E-state index in [1.54, 1.807) is 0 Å². The third-order valence-corrected chi connectivity index (χ3v) is 6.99. The van der Waals surface area contributed by atoms with Crippen molar-refractivity contribution < 1.29 is 14.3 Å². The number of hydrogen-bond donors (Lipinski definition) is 1. The number of benzene rings is 2. The van der Waals surface area contributed by atoms with Crippen LogP contribution in [0.25, 0.3) is 10.9 Å². The lowest BCUT2D eigenvalue weighted by Crippen LogP contribution is -2.46. The zero-order valence-corrected chi connectivity index (χ0v) is 19.4. The fourth-order valence-corrected chi connectivity index (χ4v) is 5.06. The van der Waals surface area contributed by atoms with Gasteiger partial charge < -0.3 is 19.4 Å². The van der Waals surface area contributed by atoms with Gasteiger partial charge in [0.1, 0.15) is 5.75 Å². The largest absolute Gasteiger partial charge is 0.493 e. The van der Waals surface area contributed by atoms with E-state index in [0.29, 0.717) is 5.56 Å². The minimum absolute atomic E-state index is 0.297. The van der Waals surface area contributed by atoms with E-state index in [2.05, 4.69) is 39.2 Å². The molecule has 3 heterocycles. The number of aromatic nitrogens is 1. The van der Waals surface area contributed by atoms with Gasteiger partial charge in [-0.05, 0) is 80.1 Å². The maximum Gasteiger partial charge on any atom is 0.337 e. The molecule has 0 atom stereocenters. The number of aromatic amines is 1. The van der Waals surface area contributed by atoms with Crippen molar-refractivity contribution in [1.29, 1.82) is 0 Å². The quantitative estimate of drug-likeness (QED) is 0.429. The number of methoxy groups -OCH3 is 1. The molecule has 0 bridgehead atoms. The molecule has 1 saturated heterocycles. The van der Waals surface area contributed by atoms with Gasteiger partial charge in [-0.1, -0.05) is 6.07 Å². The maximum absolute atomic E-state index is 11.7. The van der Waals surface area contributed by atoms with Crippen LogP contribution in [0.5, 0.6) is 5.75 Å². The average molecular weight is 448 g/mol. The molecule has 0 radical (unpaired) electrons. The standard InChI is InChI=1S/C27H33N3O3/c1-32-27(31)21-7-9-24-22(19-28-25(24)18-21)5-2-3-11-29-12-14-30(15-13-29)23-8-10-26-20(17-23)6-4-16-33-26/h7-10,17-19,28H,2-6,11-16H2,1H3. The van der Waals surface area contributed by atoms with Gasteiger partial charge in [-0.25, -0.2) is 4.79 Å². The highest BCUT2D eigenvalue weighted by Crippen LogP contribution is 2.29. The van der Waals surface area contributed by atoms with Crippen LogP contribution >= 0.6 is 0 Å². The van der Waals surface area contributed by atoms with Crippen molar-refractivity contribution in [1.82, 2.24) is 9.88 Å². The molecule has 2 aliphatic heterocycles. The van der Waals surface area contributed by atoms with Crippen LogP contribution in [-0.4, -0.2) is 62.3 Å². The molecule has 2 aliphatic rings. The molecule has 6 heteroatoms. The zero-order valence-electron chi connectivity index (χ0n) is 19.4. The monoisotopic (exact) mass is 447 g/mol. The Morgan fingerprint density at radius 3 is 2.82 bits per heavy atom. The summed E-state index contributed by atoms with van der Waals surface area (Å²) in [6.45, 7) is 6.42. The summed E-state index contributed by atoms with van der Waals surface area (Å²) >= 11 is 0. The Labute approximate surface area is 195 Å². The summed E-state index contributed by atoms with van der Waals surface area (Å²) in [5, 5.41) is 1.20. The Balaban J connectivity index is 1.07. The number of piperazine rings is 1. The molecular weight excluding hydrogens is 414 g/mol. The van der Waals surface area contributed by atoms with Crippen LogP contribution in [0.1, 0.15) is 40.7 Å². The molecule has 1 fully saturated rings. The molecule has 33 heavy (non-hydrogen) atoms. The number of carbonyl (C=O) groups is 1. The van der Waals surface area contributed by atoms with E-state index in [4.69, 9.17) is 9.47 Å². The molecule has 0 spiro atoms. The van der Waals surface area contributed by atoms with Crippen molar-refractivity contribution in [3.8, 4) is 5.75 Å². The predicted molar refractivity (Wildman–Crippen MR) is 131 cm³/mol. The number of hydrogen-bond acceptors (Lipinski definition) is 5. The molecule has 1 N–H and O–H groups in total. The summed E-state index contributed by atoms with van der Waals surface area (Å²) in [5.74, 6) is 0.775. The third-order valence-electron chi connectivity index (χ3n) is 6.99. The first-order valence-corrected chi connectivity index (χ1v) is 12.1. The summed E-state index contributed by atoms with van der Waals surface area (Å²) in [5.41, 5.74) is 5.61. The Morgan fingerprint density at radius 1 is 1.09 bits per heavy atom. The molecule has 1 aromatic heterocycles. The number of aryl methyl sites for hydroxylation is 2. The minimum Gasteiger partial charge on any atom is -0.493 e. The van der Waals surface area contributed by atoms with Crippen molar-refractivity contribution in [3.05, 3.63) is 59.3 Å². The molecule has 174 valence electrons. The molecule has 3 aromatic rings. The van der Waals surface area contributed by atoms with Crippen LogP contribution in [0.15, 0.2) is 42.6 Å². The van der Waals surface area contributed by atoms with Gasteiger partial charge in [0, 0.05) is 49.0 Å². The van der Waals surface area contributed by atoms with Gasteiger partial charge in [-0.15, -0.1) is 0 Å². The first-order valence-electron chi connectivity index (χ1n) is 12.1. The highest BCUT2D eigenvalue weighted by Gasteiger charge is 2.19. The summed E-state index contributed by atoms with van der Waals surface area (Å²) in [4.78, 5) is 20.1. The predicted octanol–water partition coefficient (Wildman–Crippen LogP) is 4.42. The lowest BCUT2D eigenvalue weighted by molar-refractivity contribution is 0.0601. The van der Waals surface area contributed by atoms with Crippen molar-refractivity contribution in [3.63, 3.8) is 0 Å². The summed E-state index contributed by atoms with van der Waals surface area (Å²) in [6.07, 6.45) is 7.74. The van der Waals surface area contributed by atoms with Gasteiger partial charge in [-0.3, -0.25) is 4.90 Å². The molecule has 0 amide bonds. The van der Waals surface area contributed by atoms with E-state index < -0.39 is 0 Å². The van der Waals surface area contributed by atoms with Crippen molar-refractivity contribution >= 4 is 22.6 Å². The van der Waals surface area contributed by atoms with E-state index in [1.165, 1.54) is 35.7 Å². The number of esters is 1. The summed E-state index contributed by atoms with van der Waals surface area (Å²) < 4.78 is 10.6. The van der Waals surface area contributed by atoms with E-state index in [0.717, 1.165) is 76.3 Å². The van der Waals surface area contributed by atoms with Crippen molar-refractivity contribution in [2.45, 2.75) is 32.1 Å². The number of rotatable bonds is 7. The van der Waals surface area contributed by atoms with Crippen molar-refractivity contribution in [2.24, 2.45) is 0 Å². The van der Waals surface area contributed by atoms with E-state index in [-0.39, 0.29) is 5.97 Å². The van der Waals surface area contributed by atoms with Gasteiger partial charge >= 0.3 is 5.97 Å². The second kappa shape index (κ2) is 9.87. The molecule has 2 aromatic carbocycles. The lowest BCUT2D eigenvalue weighted by atomic mass is 10.0. The van der Waals surface area contributed by atoms with Crippen molar-refractivity contribution in [2.75, 3.05) is 51.3 Å². The summed E-state index contributed by atoms with van der Waals surface area (Å²) in [6, 6.07) is 12.4. The Bertz CT molecular complexity index is 1110. The normalized spacial score (nSPS) is 16.5. The van der Waals surface area contributed by atoms with Crippen LogP contribution in [0.2, 0.25) is 0 Å². The Kier molecular flexibility index (Phi) is 6.53. The number of unbranched alkanes of at least 4 members (excludes halogenated alkanes) is 1. The third kappa shape index (κ3) is 4.86. The summed E-state index contributed by atoms with van der Waals surface area (Å²) in [7, 11) is 1.41. The van der Waals surface area contributed by atoms with Gasteiger partial charge in [0.2, 0.25) is 0 Å². The number of H-pyrrole nitrogens is 1. The molecule has 0 unspecified atom stereocenters. The van der Waals surface area contributed by atoms with Crippen LogP contribution in [0, 0.1) is 0 Å². The number of nitrogens with one attached hydrogen (secondary N) is 1. The van der Waals surface area contributed by atoms with Gasteiger partial charge in [0.05, 0.1) is 19.3 Å². The number of ether oxygens (including phenoxy) is 2. The second-order valence-corrected chi connectivity index (χ2v) is 9.10. The number of anilines is 1. The van der Waals surface area contributed by atoms with Crippen LogP contribution < -0.4 is 9.64 Å². The maximum atomic E-state index is 11.7. The fraction of sp³-hybridized carbons (Fsp3) is 0.444. The number of nitrogens with zero attached hydrogens (tertiary/aromatic N) is 2. The number of carbonyl (C=O) groups excluding carboxylic acids is 1. The van der Waals surface area contributed by atoms with Crippen LogP contribution in [0.4, 0.5) is 5.69 Å². The molecule has 5 rings (SSSR count). The van der Waals surface area contributed by atoms with Gasteiger partial charge in [0.25, 0.3) is 0 Å². The average Bonchev–Trinajstić information content (AvgIpc) is 3.28. The first-order chi connectivity index (χ1) is 16.2. The SMILES string of the molecule is COC(=O)c1ccc2c(CCCCN3CCN(c4ccc5c(c4)CCCO5)CC3)c[nH]c2c1. The lowest BCUT2D eigenvalue weighted by Gasteiger charge is -2.36. The van der Waals surface area contributed by atoms with E-state index in [9.17, 15) is 4.79 Å². The van der Waals surface area contributed by atoms with Crippen LogP contribution in [-0.2, 0) is 17.6 Å². The Morgan fingerprint density at radius 2 is 1.97 bits per heavy atom. The molecule has 0 aliphatic carbocycles. The number of fused-ring (bicyclic) bond motifs is 2. The van der Waals surface area contributed by atoms with Crippen LogP contribution in [0.3, 0.4) is 0 Å². The van der Waals surface area contributed by atoms with Gasteiger partial charge in [0.15, 0.2) is 0 Å². The topological polar surface area (TPSA) is 57.8 Å². The van der Waals surface area contributed by atoms with E-state index in [1.807, 2.05) is 18.2 Å².